The van der Waals surface area contributed by atoms with Crippen molar-refractivity contribution in [3.63, 3.8) is 0 Å². The molecule has 1 heterocycles. The molecule has 0 spiro atoms. The molecule has 4 nitrogen and oxygen atoms in total. The van der Waals surface area contributed by atoms with Crippen molar-refractivity contribution in [2.45, 2.75) is 19.0 Å². The second-order valence-electron chi connectivity index (χ2n) is 6.39. The van der Waals surface area contributed by atoms with Gasteiger partial charge in [0.25, 0.3) is 0 Å². The summed E-state index contributed by atoms with van der Waals surface area (Å²) in [6.07, 6.45) is 1.04. The predicted molar refractivity (Wildman–Crippen MR) is 105 cm³/mol. The zero-order valence-corrected chi connectivity index (χ0v) is 15.4. The molecule has 25 heavy (non-hydrogen) atoms. The number of rotatable bonds is 6. The minimum absolute atomic E-state index is 0. The van der Waals surface area contributed by atoms with E-state index >= 15 is 0 Å². The van der Waals surface area contributed by atoms with Gasteiger partial charge in [-0.25, -0.2) is 0 Å². The summed E-state index contributed by atoms with van der Waals surface area (Å²) in [5, 5.41) is 3.20. The largest absolute Gasteiger partial charge is 0.376 e. The fourth-order valence-corrected chi connectivity index (χ4v) is 3.18. The molecule has 0 bridgehead atoms. The topological polar surface area (TPSA) is 35.6 Å². The molecule has 2 aromatic rings. The highest BCUT2D eigenvalue weighted by Crippen LogP contribution is 2.17. The predicted octanol–water partition coefficient (Wildman–Crippen LogP) is 3.25. The number of hydrogen-bond donors (Lipinski definition) is 1. The normalized spacial score (nSPS) is 16.9. The van der Waals surface area contributed by atoms with Crippen molar-refractivity contribution in [2.24, 2.45) is 0 Å². The summed E-state index contributed by atoms with van der Waals surface area (Å²) in [4.78, 5) is 16.7. The minimum Gasteiger partial charge on any atom is -0.376 e. The highest BCUT2D eigenvalue weighted by molar-refractivity contribution is 5.85. The summed E-state index contributed by atoms with van der Waals surface area (Å²) < 4.78 is 0. The van der Waals surface area contributed by atoms with Crippen LogP contribution < -0.4 is 5.32 Å². The maximum Gasteiger partial charge on any atom is 0.241 e. The second kappa shape index (κ2) is 9.44. The Morgan fingerprint density at radius 1 is 1.12 bits per heavy atom. The lowest BCUT2D eigenvalue weighted by Crippen LogP contribution is -2.41. The van der Waals surface area contributed by atoms with Crippen LogP contribution in [0.4, 0.5) is 5.69 Å². The number of nitrogens with one attached hydrogen (secondary N) is 1. The highest BCUT2D eigenvalue weighted by Gasteiger charge is 2.28. The number of amides is 1. The number of likely N-dealkylation sites (tertiary alicyclic amines) is 1. The monoisotopic (exact) mass is 359 g/mol. The van der Waals surface area contributed by atoms with Crippen molar-refractivity contribution in [1.82, 2.24) is 9.80 Å². The quantitative estimate of drug-likeness (QED) is 0.860. The van der Waals surface area contributed by atoms with E-state index < -0.39 is 0 Å². The molecule has 0 aromatic heterocycles. The van der Waals surface area contributed by atoms with Crippen LogP contribution >= 0.6 is 12.4 Å². The van der Waals surface area contributed by atoms with E-state index in [0.717, 1.165) is 31.7 Å². The van der Waals surface area contributed by atoms with Crippen molar-refractivity contribution < 1.29 is 4.79 Å². The van der Waals surface area contributed by atoms with Gasteiger partial charge in [-0.1, -0.05) is 48.5 Å². The third-order valence-electron chi connectivity index (χ3n) is 4.66. The van der Waals surface area contributed by atoms with Gasteiger partial charge >= 0.3 is 0 Å². The Balaban J connectivity index is 0.00000225. The van der Waals surface area contributed by atoms with Gasteiger partial charge in [0.15, 0.2) is 0 Å². The van der Waals surface area contributed by atoms with Gasteiger partial charge in [-0.3, -0.25) is 9.69 Å². The molecule has 2 aromatic carbocycles. The Bertz CT molecular complexity index is 651. The first kappa shape index (κ1) is 19.3. The van der Waals surface area contributed by atoms with Crippen LogP contribution in [0.15, 0.2) is 60.7 Å². The van der Waals surface area contributed by atoms with E-state index in [9.17, 15) is 4.79 Å². The van der Waals surface area contributed by atoms with Crippen LogP contribution in [0.1, 0.15) is 12.0 Å². The van der Waals surface area contributed by atoms with E-state index in [1.54, 1.807) is 0 Å². The first-order valence-electron chi connectivity index (χ1n) is 8.53. The van der Waals surface area contributed by atoms with Crippen molar-refractivity contribution in [3.8, 4) is 0 Å². The standard InChI is InChI=1S/C20H25N3O.ClH/c1-22(20(24)14-21-18-10-6-3-7-11-18)19-12-13-23(16-19)15-17-8-4-2-5-9-17;/h2-11,19,21H,12-16H2,1H3;1H. The van der Waals surface area contributed by atoms with Gasteiger partial charge in [0.2, 0.25) is 5.91 Å². The van der Waals surface area contributed by atoms with Gasteiger partial charge in [0.1, 0.15) is 0 Å². The van der Waals surface area contributed by atoms with Crippen LogP contribution in [0.5, 0.6) is 0 Å². The minimum atomic E-state index is 0. The molecule has 5 heteroatoms. The van der Waals surface area contributed by atoms with E-state index in [0.29, 0.717) is 12.6 Å². The Morgan fingerprint density at radius 2 is 1.76 bits per heavy atom. The fraction of sp³-hybridized carbons (Fsp3) is 0.350. The van der Waals surface area contributed by atoms with E-state index in [1.165, 1.54) is 5.56 Å². The summed E-state index contributed by atoms with van der Waals surface area (Å²) in [5.41, 5.74) is 2.31. The van der Waals surface area contributed by atoms with Crippen LogP contribution in [0.3, 0.4) is 0 Å². The van der Waals surface area contributed by atoms with Gasteiger partial charge in [-0.2, -0.15) is 0 Å². The second-order valence-corrected chi connectivity index (χ2v) is 6.39. The lowest BCUT2D eigenvalue weighted by molar-refractivity contribution is -0.129. The molecule has 1 saturated heterocycles. The molecule has 1 aliphatic heterocycles. The number of para-hydroxylation sites is 1. The Labute approximate surface area is 156 Å². The Morgan fingerprint density at radius 3 is 2.44 bits per heavy atom. The van der Waals surface area contributed by atoms with E-state index in [-0.39, 0.29) is 18.3 Å². The number of benzene rings is 2. The number of halogens is 1. The molecule has 1 N–H and O–H groups in total. The van der Waals surface area contributed by atoms with Crippen LogP contribution in [0.25, 0.3) is 0 Å². The van der Waals surface area contributed by atoms with Crippen molar-refractivity contribution in [2.75, 3.05) is 32.0 Å². The zero-order valence-electron chi connectivity index (χ0n) is 14.6. The SMILES string of the molecule is CN(C(=O)CNc1ccccc1)C1CCN(Cc2ccccc2)C1.Cl. The molecule has 0 radical (unpaired) electrons. The fourth-order valence-electron chi connectivity index (χ4n) is 3.18. The third-order valence-corrected chi connectivity index (χ3v) is 4.66. The number of carbonyl (C=O) groups excluding carboxylic acids is 1. The number of anilines is 1. The average Bonchev–Trinajstić information content (AvgIpc) is 3.09. The first-order chi connectivity index (χ1) is 11.7. The number of hydrogen-bond acceptors (Lipinski definition) is 3. The molecule has 1 fully saturated rings. The van der Waals surface area contributed by atoms with Crippen molar-refractivity contribution >= 4 is 24.0 Å². The van der Waals surface area contributed by atoms with E-state index in [4.69, 9.17) is 0 Å². The molecule has 1 atom stereocenters. The van der Waals surface area contributed by atoms with E-state index in [1.807, 2.05) is 48.3 Å². The number of likely N-dealkylation sites (N-methyl/N-ethyl adjacent to an activating group) is 1. The number of carbonyl (C=O) groups is 1. The lowest BCUT2D eigenvalue weighted by atomic mass is 10.2. The van der Waals surface area contributed by atoms with Gasteiger partial charge in [-0.05, 0) is 24.1 Å². The third kappa shape index (κ3) is 5.48. The molecule has 3 rings (SSSR count). The molecule has 1 unspecified atom stereocenters. The molecule has 1 amide bonds. The van der Waals surface area contributed by atoms with Crippen molar-refractivity contribution in [3.05, 3.63) is 66.2 Å². The maximum atomic E-state index is 12.4. The summed E-state index contributed by atoms with van der Waals surface area (Å²) in [7, 11) is 1.92. The molecular weight excluding hydrogens is 334 g/mol. The smallest absolute Gasteiger partial charge is 0.241 e. The van der Waals surface area contributed by atoms with Gasteiger partial charge in [0.05, 0.1) is 6.54 Å². The summed E-state index contributed by atoms with van der Waals surface area (Å²) >= 11 is 0. The highest BCUT2D eigenvalue weighted by atomic mass is 35.5. The summed E-state index contributed by atoms with van der Waals surface area (Å²) in [6.45, 7) is 3.29. The molecular formula is C20H26ClN3O. The Kier molecular flexibility index (Phi) is 7.29. The molecule has 0 saturated carbocycles. The van der Waals surface area contributed by atoms with Crippen molar-refractivity contribution in [1.29, 1.82) is 0 Å². The summed E-state index contributed by atoms with van der Waals surface area (Å²) in [5.74, 6) is 0.144. The number of nitrogens with zero attached hydrogens (tertiary/aromatic N) is 2. The zero-order chi connectivity index (χ0) is 16.8. The lowest BCUT2D eigenvalue weighted by Gasteiger charge is -2.25. The molecule has 0 aliphatic carbocycles. The van der Waals surface area contributed by atoms with Gasteiger partial charge in [-0.15, -0.1) is 12.4 Å². The average molecular weight is 360 g/mol. The molecule has 1 aliphatic rings. The Hall–Kier alpha value is -2.04. The first-order valence-corrected chi connectivity index (χ1v) is 8.53. The van der Waals surface area contributed by atoms with Gasteiger partial charge in [0, 0.05) is 38.4 Å². The molecule has 134 valence electrons. The maximum absolute atomic E-state index is 12.4. The van der Waals surface area contributed by atoms with Crippen LogP contribution in [-0.4, -0.2) is 48.4 Å². The van der Waals surface area contributed by atoms with Crippen LogP contribution in [0.2, 0.25) is 0 Å². The van der Waals surface area contributed by atoms with E-state index in [2.05, 4.69) is 34.5 Å². The van der Waals surface area contributed by atoms with Crippen LogP contribution in [0, 0.1) is 0 Å². The van der Waals surface area contributed by atoms with Crippen LogP contribution in [-0.2, 0) is 11.3 Å². The van der Waals surface area contributed by atoms with Gasteiger partial charge < -0.3 is 10.2 Å². The summed E-state index contributed by atoms with van der Waals surface area (Å²) in [6, 6.07) is 20.7.